The van der Waals surface area contributed by atoms with E-state index in [-0.39, 0.29) is 5.91 Å². The van der Waals surface area contributed by atoms with Gasteiger partial charge in [0.15, 0.2) is 0 Å². The van der Waals surface area contributed by atoms with E-state index < -0.39 is 0 Å². The van der Waals surface area contributed by atoms with Gasteiger partial charge in [-0.05, 0) is 12.1 Å². The van der Waals surface area contributed by atoms with Crippen LogP contribution in [-0.4, -0.2) is 43.0 Å². The maximum atomic E-state index is 12.6. The van der Waals surface area contributed by atoms with Crippen LogP contribution < -0.4 is 10.1 Å². The monoisotopic (exact) mass is 381 g/mol. The molecule has 4 aromatic rings. The van der Waals surface area contributed by atoms with Crippen LogP contribution in [0, 0.1) is 0 Å². The van der Waals surface area contributed by atoms with Gasteiger partial charge in [-0.25, -0.2) is 4.98 Å². The summed E-state index contributed by atoms with van der Waals surface area (Å²) in [6.07, 6.45) is 6.72. The highest BCUT2D eigenvalue weighted by molar-refractivity contribution is 7.13. The Labute approximate surface area is 158 Å². The molecule has 0 unspecified atom stereocenters. The quantitative estimate of drug-likeness (QED) is 0.550. The number of rotatable bonds is 5. The average molecular weight is 381 g/mol. The standard InChI is InChI=1S/C17H15N7O2S/c1-24-8-13(15(23-24)12-4-3-11(26-2)7-18-12)21-16(25)14-9-27-17(22-14)10-5-19-20-6-10/h3-9H,1-2H3,(H,19,20)(H,21,25). The Balaban J connectivity index is 1.58. The van der Waals surface area contributed by atoms with Gasteiger partial charge in [0.25, 0.3) is 5.91 Å². The number of nitrogens with zero attached hydrogens (tertiary/aromatic N) is 5. The van der Waals surface area contributed by atoms with Crippen LogP contribution >= 0.6 is 11.3 Å². The maximum Gasteiger partial charge on any atom is 0.275 e. The number of H-pyrrole nitrogens is 1. The molecule has 0 spiro atoms. The summed E-state index contributed by atoms with van der Waals surface area (Å²) >= 11 is 1.38. The molecule has 0 atom stereocenters. The highest BCUT2D eigenvalue weighted by Crippen LogP contribution is 2.27. The number of thiazole rings is 1. The lowest BCUT2D eigenvalue weighted by Gasteiger charge is -2.04. The largest absolute Gasteiger partial charge is 0.495 e. The molecule has 4 heterocycles. The number of methoxy groups -OCH3 is 1. The summed E-state index contributed by atoms with van der Waals surface area (Å²) in [4.78, 5) is 21.3. The van der Waals surface area contributed by atoms with Gasteiger partial charge < -0.3 is 10.1 Å². The Bertz CT molecular complexity index is 1070. The third-order valence-corrected chi connectivity index (χ3v) is 4.67. The molecule has 0 saturated heterocycles. The number of aromatic nitrogens is 6. The van der Waals surface area contributed by atoms with Gasteiger partial charge in [0.05, 0.1) is 30.9 Å². The minimum atomic E-state index is -0.316. The van der Waals surface area contributed by atoms with Crippen LogP contribution in [0.4, 0.5) is 5.69 Å². The summed E-state index contributed by atoms with van der Waals surface area (Å²) in [6.45, 7) is 0. The summed E-state index contributed by atoms with van der Waals surface area (Å²) < 4.78 is 6.74. The number of aryl methyl sites for hydroxylation is 1. The lowest BCUT2D eigenvalue weighted by molar-refractivity contribution is 0.102. The average Bonchev–Trinajstić information content (AvgIpc) is 3.42. The van der Waals surface area contributed by atoms with Crippen LogP contribution in [0.1, 0.15) is 10.5 Å². The molecular weight excluding hydrogens is 366 g/mol. The Morgan fingerprint density at radius 1 is 1.33 bits per heavy atom. The van der Waals surface area contributed by atoms with Crippen molar-refractivity contribution in [3.63, 3.8) is 0 Å². The van der Waals surface area contributed by atoms with Gasteiger partial charge in [-0.15, -0.1) is 11.3 Å². The summed E-state index contributed by atoms with van der Waals surface area (Å²) in [6, 6.07) is 3.58. The Morgan fingerprint density at radius 2 is 2.22 bits per heavy atom. The third-order valence-electron chi connectivity index (χ3n) is 3.77. The van der Waals surface area contributed by atoms with Gasteiger partial charge in [-0.3, -0.25) is 19.6 Å². The number of aromatic amines is 1. The van der Waals surface area contributed by atoms with Crippen LogP contribution in [0.15, 0.2) is 42.3 Å². The van der Waals surface area contributed by atoms with Crippen LogP contribution in [0.3, 0.4) is 0 Å². The third kappa shape index (κ3) is 3.42. The number of hydrogen-bond donors (Lipinski definition) is 2. The van der Waals surface area contributed by atoms with Gasteiger partial charge in [0, 0.05) is 30.4 Å². The minimum Gasteiger partial charge on any atom is -0.495 e. The molecule has 4 aromatic heterocycles. The van der Waals surface area contributed by atoms with Crippen molar-refractivity contribution < 1.29 is 9.53 Å². The van der Waals surface area contributed by atoms with Crippen molar-refractivity contribution in [2.24, 2.45) is 7.05 Å². The summed E-state index contributed by atoms with van der Waals surface area (Å²) in [5.74, 6) is 0.332. The molecule has 2 N–H and O–H groups in total. The highest BCUT2D eigenvalue weighted by Gasteiger charge is 2.17. The van der Waals surface area contributed by atoms with Gasteiger partial charge in [0.2, 0.25) is 0 Å². The van der Waals surface area contributed by atoms with Gasteiger partial charge >= 0.3 is 0 Å². The lowest BCUT2D eigenvalue weighted by atomic mass is 10.2. The second-order valence-corrected chi connectivity index (χ2v) is 6.49. The zero-order chi connectivity index (χ0) is 18.8. The van der Waals surface area contributed by atoms with E-state index in [4.69, 9.17) is 4.74 Å². The van der Waals surface area contributed by atoms with E-state index in [0.717, 1.165) is 10.6 Å². The predicted octanol–water partition coefficient (Wildman–Crippen LogP) is 2.59. The van der Waals surface area contributed by atoms with Crippen LogP contribution in [-0.2, 0) is 7.05 Å². The molecule has 9 nitrogen and oxygen atoms in total. The number of carbonyl (C=O) groups is 1. The van der Waals surface area contributed by atoms with Crippen LogP contribution in [0.2, 0.25) is 0 Å². The van der Waals surface area contributed by atoms with E-state index in [9.17, 15) is 4.79 Å². The molecule has 0 fully saturated rings. The molecule has 1 amide bonds. The molecular formula is C17H15N7O2S. The number of nitrogens with one attached hydrogen (secondary N) is 2. The molecule has 0 saturated carbocycles. The van der Waals surface area contributed by atoms with Crippen molar-refractivity contribution in [2.45, 2.75) is 0 Å². The number of hydrogen-bond acceptors (Lipinski definition) is 7. The first-order chi connectivity index (χ1) is 13.1. The summed E-state index contributed by atoms with van der Waals surface area (Å²) in [7, 11) is 3.36. The smallest absolute Gasteiger partial charge is 0.275 e. The second-order valence-electron chi connectivity index (χ2n) is 5.63. The molecule has 0 aliphatic rings. The zero-order valence-electron chi connectivity index (χ0n) is 14.5. The van der Waals surface area contributed by atoms with Crippen molar-refractivity contribution >= 4 is 22.9 Å². The number of carbonyl (C=O) groups excluding carboxylic acids is 1. The SMILES string of the molecule is COc1ccc(-c2nn(C)cc2NC(=O)c2csc(-c3cn[nH]c3)n2)nc1. The highest BCUT2D eigenvalue weighted by atomic mass is 32.1. The predicted molar refractivity (Wildman–Crippen MR) is 101 cm³/mol. The molecule has 0 radical (unpaired) electrons. The molecule has 4 rings (SSSR count). The van der Waals surface area contributed by atoms with Gasteiger partial charge in [-0.2, -0.15) is 10.2 Å². The van der Waals surface area contributed by atoms with E-state index in [1.165, 1.54) is 11.3 Å². The Morgan fingerprint density at radius 3 is 2.93 bits per heavy atom. The van der Waals surface area contributed by atoms with E-state index in [0.29, 0.717) is 28.5 Å². The molecule has 0 aliphatic heterocycles. The van der Waals surface area contributed by atoms with E-state index in [2.05, 4.69) is 30.6 Å². The fourth-order valence-electron chi connectivity index (χ4n) is 2.48. The number of ether oxygens (including phenoxy) is 1. The molecule has 0 aliphatic carbocycles. The van der Waals surface area contributed by atoms with E-state index in [1.807, 2.05) is 0 Å². The Kier molecular flexibility index (Phi) is 4.38. The molecule has 0 aromatic carbocycles. The first kappa shape index (κ1) is 16.9. The topological polar surface area (TPSA) is 111 Å². The fourth-order valence-corrected chi connectivity index (χ4v) is 3.26. The van der Waals surface area contributed by atoms with E-state index in [1.54, 1.807) is 61.1 Å². The van der Waals surface area contributed by atoms with Gasteiger partial charge in [-0.1, -0.05) is 0 Å². The normalized spacial score (nSPS) is 10.7. The van der Waals surface area contributed by atoms with Crippen molar-refractivity contribution in [3.05, 3.63) is 48.0 Å². The molecule has 10 heteroatoms. The molecule has 0 bridgehead atoms. The number of anilines is 1. The minimum absolute atomic E-state index is 0.316. The van der Waals surface area contributed by atoms with Crippen molar-refractivity contribution in [1.29, 1.82) is 0 Å². The van der Waals surface area contributed by atoms with Crippen molar-refractivity contribution in [1.82, 2.24) is 29.9 Å². The first-order valence-corrected chi connectivity index (χ1v) is 8.82. The number of amides is 1. The first-order valence-electron chi connectivity index (χ1n) is 7.94. The molecule has 136 valence electrons. The maximum absolute atomic E-state index is 12.6. The number of pyridine rings is 1. The van der Waals surface area contributed by atoms with Crippen molar-refractivity contribution in [2.75, 3.05) is 12.4 Å². The summed E-state index contributed by atoms with van der Waals surface area (Å²) in [5.41, 5.74) is 2.91. The van der Waals surface area contributed by atoms with E-state index >= 15 is 0 Å². The van der Waals surface area contributed by atoms with Gasteiger partial charge in [0.1, 0.15) is 22.1 Å². The second kappa shape index (κ2) is 7.00. The summed E-state index contributed by atoms with van der Waals surface area (Å²) in [5, 5.41) is 16.3. The van der Waals surface area contributed by atoms with Crippen LogP contribution in [0.5, 0.6) is 5.75 Å². The van der Waals surface area contributed by atoms with Crippen molar-refractivity contribution in [3.8, 4) is 27.7 Å². The lowest BCUT2D eigenvalue weighted by Crippen LogP contribution is -2.12. The molecule has 27 heavy (non-hydrogen) atoms. The Hall–Kier alpha value is -3.53. The van der Waals surface area contributed by atoms with Crippen LogP contribution in [0.25, 0.3) is 22.0 Å². The fraction of sp³-hybridized carbons (Fsp3) is 0.118. The zero-order valence-corrected chi connectivity index (χ0v) is 15.3.